The minimum Gasteiger partial charge on any atom is -0.408 e. The number of rotatable bonds is 4. The van der Waals surface area contributed by atoms with Crippen LogP contribution in [0.5, 0.6) is 0 Å². The zero-order valence-corrected chi connectivity index (χ0v) is 14.3. The van der Waals surface area contributed by atoms with Crippen LogP contribution in [-0.2, 0) is 17.9 Å². The Balaban J connectivity index is 1.29. The molecule has 2 aromatic carbocycles. The molecule has 0 radical (unpaired) electrons. The zero-order valence-electron chi connectivity index (χ0n) is 14.3. The first-order chi connectivity index (χ1) is 12.6. The summed E-state index contributed by atoms with van der Waals surface area (Å²) in [5.41, 5.74) is 3.49. The van der Waals surface area contributed by atoms with E-state index in [0.717, 1.165) is 29.7 Å². The number of H-pyrrole nitrogens is 1. The normalized spacial score (nSPS) is 18.9. The topological polar surface area (TPSA) is 69.5 Å². The molecule has 2 aliphatic rings. The van der Waals surface area contributed by atoms with Gasteiger partial charge in [-0.2, -0.15) is 0 Å². The van der Waals surface area contributed by atoms with Crippen molar-refractivity contribution >= 4 is 17.0 Å². The van der Waals surface area contributed by atoms with Gasteiger partial charge in [-0.1, -0.05) is 42.5 Å². The molecule has 26 heavy (non-hydrogen) atoms. The molecule has 5 rings (SSSR count). The largest absolute Gasteiger partial charge is 0.417 e. The smallest absolute Gasteiger partial charge is 0.408 e. The number of para-hydroxylation sites is 1. The van der Waals surface area contributed by atoms with Crippen LogP contribution in [0.25, 0.3) is 11.1 Å². The molecule has 0 unspecified atom stereocenters. The van der Waals surface area contributed by atoms with Crippen molar-refractivity contribution in [2.75, 3.05) is 13.1 Å². The molecule has 3 aromatic rings. The van der Waals surface area contributed by atoms with Gasteiger partial charge in [-0.25, -0.2) is 4.79 Å². The highest BCUT2D eigenvalue weighted by Crippen LogP contribution is 2.42. The lowest BCUT2D eigenvalue weighted by Gasteiger charge is -2.62. The summed E-state index contributed by atoms with van der Waals surface area (Å²) in [5, 5.41) is 0. The minimum atomic E-state index is -0.425. The molecule has 2 saturated heterocycles. The number of fused-ring (bicyclic) bond motifs is 1. The fourth-order valence-corrected chi connectivity index (χ4v) is 4.25. The van der Waals surface area contributed by atoms with Gasteiger partial charge in [0.25, 0.3) is 0 Å². The quantitative estimate of drug-likeness (QED) is 0.733. The average molecular weight is 349 g/mol. The standard InChI is InChI=1S/C20H19N3O3/c24-17-9-20(23(17)10-14-5-2-1-3-6-14)12-22(13-20)11-15-7-4-8-16-18(15)26-19(25)21-16/h1-8H,9-13H2,(H,21,25). The van der Waals surface area contributed by atoms with Crippen LogP contribution in [0.4, 0.5) is 0 Å². The van der Waals surface area contributed by atoms with E-state index in [9.17, 15) is 9.59 Å². The summed E-state index contributed by atoms with van der Waals surface area (Å²) < 4.78 is 5.28. The van der Waals surface area contributed by atoms with E-state index in [2.05, 4.69) is 22.0 Å². The van der Waals surface area contributed by atoms with Crippen LogP contribution in [0.15, 0.2) is 57.7 Å². The number of benzene rings is 2. The molecule has 0 atom stereocenters. The summed E-state index contributed by atoms with van der Waals surface area (Å²) in [6.45, 7) is 3.11. The third kappa shape index (κ3) is 2.37. The molecular formula is C20H19N3O3. The van der Waals surface area contributed by atoms with E-state index in [1.165, 1.54) is 0 Å². The Bertz CT molecular complexity index is 1030. The third-order valence-corrected chi connectivity index (χ3v) is 5.50. The maximum atomic E-state index is 12.1. The molecule has 132 valence electrons. The van der Waals surface area contributed by atoms with Crippen molar-refractivity contribution in [3.8, 4) is 0 Å². The number of carbonyl (C=O) groups excluding carboxylic acids is 1. The molecule has 6 nitrogen and oxygen atoms in total. The van der Waals surface area contributed by atoms with Crippen molar-refractivity contribution in [3.05, 3.63) is 70.2 Å². The molecule has 2 aliphatic heterocycles. The fourth-order valence-electron chi connectivity index (χ4n) is 4.25. The molecular weight excluding hydrogens is 330 g/mol. The maximum Gasteiger partial charge on any atom is 0.417 e. The van der Waals surface area contributed by atoms with Gasteiger partial charge in [-0.3, -0.25) is 14.7 Å². The summed E-state index contributed by atoms with van der Waals surface area (Å²) >= 11 is 0. The summed E-state index contributed by atoms with van der Waals surface area (Å²) in [4.78, 5) is 30.6. The summed E-state index contributed by atoms with van der Waals surface area (Å²) in [6, 6.07) is 15.9. The number of nitrogens with zero attached hydrogens (tertiary/aromatic N) is 2. The number of nitrogens with one attached hydrogen (secondary N) is 1. The van der Waals surface area contributed by atoms with Crippen molar-refractivity contribution in [1.29, 1.82) is 0 Å². The molecule has 0 saturated carbocycles. The van der Waals surface area contributed by atoms with Crippen LogP contribution in [0.1, 0.15) is 17.5 Å². The summed E-state index contributed by atoms with van der Waals surface area (Å²) in [6.07, 6.45) is 0.625. The second-order valence-electron chi connectivity index (χ2n) is 7.32. The lowest BCUT2D eigenvalue weighted by molar-refractivity contribution is -0.178. The predicted octanol–water partition coefficient (Wildman–Crippen LogP) is 2.11. The summed E-state index contributed by atoms with van der Waals surface area (Å²) in [5.74, 6) is -0.196. The molecule has 0 bridgehead atoms. The lowest BCUT2D eigenvalue weighted by Crippen LogP contribution is -2.78. The molecule has 0 aliphatic carbocycles. The Kier molecular flexibility index (Phi) is 3.30. The number of likely N-dealkylation sites (tertiary alicyclic amines) is 2. The van der Waals surface area contributed by atoms with Gasteiger partial charge in [0.15, 0.2) is 5.58 Å². The van der Waals surface area contributed by atoms with E-state index in [4.69, 9.17) is 4.42 Å². The Labute approximate surface area is 150 Å². The van der Waals surface area contributed by atoms with Crippen LogP contribution in [0, 0.1) is 0 Å². The van der Waals surface area contributed by atoms with Gasteiger partial charge < -0.3 is 9.32 Å². The number of aromatic amines is 1. The number of aromatic nitrogens is 1. The predicted molar refractivity (Wildman–Crippen MR) is 96.5 cm³/mol. The third-order valence-electron chi connectivity index (χ3n) is 5.50. The number of hydrogen-bond acceptors (Lipinski definition) is 4. The SMILES string of the molecule is O=C1CC2(CN(Cc3cccc4[nH]c(=O)oc34)C2)N1Cc1ccccc1. The van der Waals surface area contributed by atoms with Gasteiger partial charge in [0, 0.05) is 31.7 Å². The van der Waals surface area contributed by atoms with Crippen molar-refractivity contribution in [1.82, 2.24) is 14.8 Å². The molecule has 1 spiro atoms. The van der Waals surface area contributed by atoms with Crippen LogP contribution < -0.4 is 5.76 Å². The van der Waals surface area contributed by atoms with E-state index in [-0.39, 0.29) is 11.4 Å². The van der Waals surface area contributed by atoms with Crippen molar-refractivity contribution in [2.24, 2.45) is 0 Å². The van der Waals surface area contributed by atoms with E-state index >= 15 is 0 Å². The van der Waals surface area contributed by atoms with Crippen molar-refractivity contribution in [2.45, 2.75) is 25.0 Å². The van der Waals surface area contributed by atoms with E-state index in [0.29, 0.717) is 25.1 Å². The second-order valence-corrected chi connectivity index (χ2v) is 7.32. The van der Waals surface area contributed by atoms with Crippen LogP contribution in [0.3, 0.4) is 0 Å². The molecule has 1 N–H and O–H groups in total. The number of β-lactam (4-membered cyclic amide) rings is 1. The zero-order chi connectivity index (χ0) is 17.7. The van der Waals surface area contributed by atoms with Gasteiger partial charge in [-0.15, -0.1) is 0 Å². The molecule has 2 fully saturated rings. The van der Waals surface area contributed by atoms with Gasteiger partial charge in [0.05, 0.1) is 17.5 Å². The Hall–Kier alpha value is -2.86. The number of hydrogen-bond donors (Lipinski definition) is 1. The van der Waals surface area contributed by atoms with Crippen LogP contribution in [-0.4, -0.2) is 39.3 Å². The number of oxazole rings is 1. The van der Waals surface area contributed by atoms with Crippen molar-refractivity contribution in [3.63, 3.8) is 0 Å². The Morgan fingerprint density at radius 3 is 2.58 bits per heavy atom. The number of carbonyl (C=O) groups is 1. The highest BCUT2D eigenvalue weighted by molar-refractivity contribution is 5.85. The van der Waals surface area contributed by atoms with Gasteiger partial charge in [0.1, 0.15) is 0 Å². The van der Waals surface area contributed by atoms with Gasteiger partial charge >= 0.3 is 5.76 Å². The van der Waals surface area contributed by atoms with Gasteiger partial charge in [-0.05, 0) is 11.6 Å². The van der Waals surface area contributed by atoms with Crippen LogP contribution in [0.2, 0.25) is 0 Å². The van der Waals surface area contributed by atoms with Crippen molar-refractivity contribution < 1.29 is 9.21 Å². The minimum absolute atomic E-state index is 0.0280. The first-order valence-electron chi connectivity index (χ1n) is 8.80. The summed E-state index contributed by atoms with van der Waals surface area (Å²) in [7, 11) is 0. The average Bonchev–Trinajstić information content (AvgIpc) is 2.99. The second kappa shape index (κ2) is 5.57. The van der Waals surface area contributed by atoms with E-state index in [1.807, 2.05) is 41.3 Å². The Morgan fingerprint density at radius 2 is 1.81 bits per heavy atom. The van der Waals surface area contributed by atoms with Gasteiger partial charge in [0.2, 0.25) is 5.91 Å². The highest BCUT2D eigenvalue weighted by Gasteiger charge is 2.57. The molecule has 3 heterocycles. The molecule has 1 amide bonds. The monoisotopic (exact) mass is 349 g/mol. The first-order valence-corrected chi connectivity index (χ1v) is 8.80. The highest BCUT2D eigenvalue weighted by atomic mass is 16.4. The van der Waals surface area contributed by atoms with E-state index < -0.39 is 5.76 Å². The molecule has 6 heteroatoms. The van der Waals surface area contributed by atoms with Crippen LogP contribution >= 0.6 is 0 Å². The van der Waals surface area contributed by atoms with E-state index in [1.54, 1.807) is 0 Å². The number of amides is 1. The first kappa shape index (κ1) is 15.4. The fraction of sp³-hybridized carbons (Fsp3) is 0.300. The molecule has 1 aromatic heterocycles. The maximum absolute atomic E-state index is 12.1. The lowest BCUT2D eigenvalue weighted by atomic mass is 9.76. The Morgan fingerprint density at radius 1 is 1.00 bits per heavy atom.